The van der Waals surface area contributed by atoms with Gasteiger partial charge >= 0.3 is 5.97 Å². The first-order valence-electron chi connectivity index (χ1n) is 13.9. The monoisotopic (exact) mass is 454 g/mol. The van der Waals surface area contributed by atoms with E-state index in [-0.39, 0.29) is 17.5 Å². The van der Waals surface area contributed by atoms with Gasteiger partial charge in [0.15, 0.2) is 5.78 Å². The van der Waals surface area contributed by atoms with Crippen molar-refractivity contribution in [3.05, 3.63) is 11.1 Å². The fourth-order valence-corrected chi connectivity index (χ4v) is 10.5. The van der Waals surface area contributed by atoms with Crippen molar-refractivity contribution < 1.29 is 14.3 Å². The van der Waals surface area contributed by atoms with Gasteiger partial charge in [-0.15, -0.1) is 0 Å². The second kappa shape index (κ2) is 7.69. The van der Waals surface area contributed by atoms with Crippen LogP contribution in [0.15, 0.2) is 11.1 Å². The lowest BCUT2D eigenvalue weighted by Gasteiger charge is -2.67. The van der Waals surface area contributed by atoms with Crippen LogP contribution in [-0.4, -0.2) is 17.9 Å². The number of hydrogen-bond acceptors (Lipinski definition) is 3. The summed E-state index contributed by atoms with van der Waals surface area (Å²) in [5.74, 6) is 3.86. The Morgan fingerprint density at radius 2 is 1.58 bits per heavy atom. The van der Waals surface area contributed by atoms with Crippen molar-refractivity contribution >= 4 is 11.8 Å². The Balaban J connectivity index is 1.48. The van der Waals surface area contributed by atoms with Crippen LogP contribution in [0, 0.1) is 51.8 Å². The van der Waals surface area contributed by atoms with Gasteiger partial charge in [-0.25, -0.2) is 0 Å². The quantitative estimate of drug-likeness (QED) is 0.417. The highest BCUT2D eigenvalue weighted by Crippen LogP contribution is 2.71. The van der Waals surface area contributed by atoms with Crippen LogP contribution in [0.3, 0.4) is 0 Å². The van der Waals surface area contributed by atoms with E-state index in [9.17, 15) is 9.59 Å². The SMILES string of the molecule is CC(=O)OC1CCC2(C)C(CCC3(C)C4CCC5(C)CC(=O)C(C(C)C)=C5C4CCC32)C1C. The van der Waals surface area contributed by atoms with E-state index in [0.29, 0.717) is 40.3 Å². The van der Waals surface area contributed by atoms with Gasteiger partial charge in [-0.05, 0) is 109 Å². The first kappa shape index (κ1) is 23.6. The molecule has 3 nitrogen and oxygen atoms in total. The molecule has 0 saturated heterocycles. The fraction of sp³-hybridized carbons (Fsp3) is 0.867. The normalized spacial score (nSPS) is 49.3. The lowest BCUT2D eigenvalue weighted by Crippen LogP contribution is -2.60. The Labute approximate surface area is 201 Å². The van der Waals surface area contributed by atoms with Crippen LogP contribution in [0.1, 0.15) is 106 Å². The molecule has 4 saturated carbocycles. The number of ether oxygens (including phenoxy) is 1. The first-order valence-corrected chi connectivity index (χ1v) is 13.9. The summed E-state index contributed by atoms with van der Waals surface area (Å²) in [6.07, 6.45) is 10.7. The van der Waals surface area contributed by atoms with Crippen molar-refractivity contribution in [1.29, 1.82) is 0 Å². The molecule has 0 radical (unpaired) electrons. The van der Waals surface area contributed by atoms with Gasteiger partial charge < -0.3 is 4.74 Å². The maximum Gasteiger partial charge on any atom is 0.302 e. The average Bonchev–Trinajstić information content (AvgIpc) is 3.00. The van der Waals surface area contributed by atoms with Crippen LogP contribution in [0.25, 0.3) is 0 Å². The summed E-state index contributed by atoms with van der Waals surface area (Å²) in [5.41, 5.74) is 3.64. The number of fused-ring (bicyclic) bond motifs is 7. The molecule has 0 N–H and O–H groups in total. The van der Waals surface area contributed by atoms with E-state index in [0.717, 1.165) is 24.7 Å². The van der Waals surface area contributed by atoms with Gasteiger partial charge in [0.05, 0.1) is 0 Å². The topological polar surface area (TPSA) is 43.4 Å². The number of ketones is 1. The van der Waals surface area contributed by atoms with E-state index in [2.05, 4.69) is 41.5 Å². The minimum Gasteiger partial charge on any atom is -0.462 e. The summed E-state index contributed by atoms with van der Waals surface area (Å²) in [6, 6.07) is 0. The van der Waals surface area contributed by atoms with Crippen LogP contribution in [0.4, 0.5) is 0 Å². The Morgan fingerprint density at radius 1 is 0.939 bits per heavy atom. The summed E-state index contributed by atoms with van der Waals surface area (Å²) >= 11 is 0. The molecular formula is C30H46O3. The van der Waals surface area contributed by atoms with Gasteiger partial charge in [-0.3, -0.25) is 9.59 Å². The smallest absolute Gasteiger partial charge is 0.302 e. The lowest BCUT2D eigenvalue weighted by atomic mass is 9.38. The highest BCUT2D eigenvalue weighted by molar-refractivity contribution is 6.00. The summed E-state index contributed by atoms with van der Waals surface area (Å²) in [6.45, 7) is 16.0. The molecule has 33 heavy (non-hydrogen) atoms. The minimum atomic E-state index is -0.123. The standard InChI is InChI=1S/C30H46O3/c1-17(2)26-23(32)16-28(5)13-10-22-20(27(26)28)8-9-25-29(6)15-12-24(33-19(4)31)18(3)21(29)11-14-30(22,25)7/h17-18,20-22,24-25H,8-16H2,1-7H3. The predicted octanol–water partition coefficient (Wildman–Crippen LogP) is 7.14. The Kier molecular flexibility index (Phi) is 5.50. The zero-order chi connectivity index (χ0) is 23.9. The zero-order valence-corrected chi connectivity index (χ0v) is 22.1. The van der Waals surface area contributed by atoms with E-state index in [1.54, 1.807) is 12.5 Å². The molecule has 0 aromatic rings. The Bertz CT molecular complexity index is 885. The summed E-state index contributed by atoms with van der Waals surface area (Å²) in [4.78, 5) is 24.8. The van der Waals surface area contributed by atoms with Crippen molar-refractivity contribution in [1.82, 2.24) is 0 Å². The van der Waals surface area contributed by atoms with Gasteiger partial charge in [0.25, 0.3) is 0 Å². The maximum atomic E-state index is 13.1. The van der Waals surface area contributed by atoms with Crippen molar-refractivity contribution in [3.63, 3.8) is 0 Å². The lowest BCUT2D eigenvalue weighted by molar-refractivity contribution is -0.189. The van der Waals surface area contributed by atoms with Crippen LogP contribution in [-0.2, 0) is 14.3 Å². The van der Waals surface area contributed by atoms with E-state index in [4.69, 9.17) is 4.74 Å². The molecule has 0 amide bonds. The number of hydrogen-bond donors (Lipinski definition) is 0. The van der Waals surface area contributed by atoms with Gasteiger partial charge in [0.1, 0.15) is 6.10 Å². The van der Waals surface area contributed by atoms with Crippen molar-refractivity contribution in [2.45, 2.75) is 112 Å². The van der Waals surface area contributed by atoms with Gasteiger partial charge in [-0.1, -0.05) is 47.1 Å². The molecule has 3 heteroatoms. The van der Waals surface area contributed by atoms with Crippen molar-refractivity contribution in [2.75, 3.05) is 0 Å². The molecule has 5 rings (SSSR count). The van der Waals surface area contributed by atoms with E-state index >= 15 is 0 Å². The highest BCUT2D eigenvalue weighted by Gasteiger charge is 2.64. The molecule has 0 aliphatic heterocycles. The van der Waals surface area contributed by atoms with Crippen molar-refractivity contribution in [2.24, 2.45) is 51.8 Å². The number of carbonyl (C=O) groups is 2. The van der Waals surface area contributed by atoms with Crippen LogP contribution in [0.5, 0.6) is 0 Å². The number of rotatable bonds is 2. The number of esters is 1. The van der Waals surface area contributed by atoms with Gasteiger partial charge in [0, 0.05) is 13.3 Å². The van der Waals surface area contributed by atoms with E-state index in [1.807, 2.05) is 0 Å². The van der Waals surface area contributed by atoms with Crippen LogP contribution < -0.4 is 0 Å². The summed E-state index contributed by atoms with van der Waals surface area (Å²) in [7, 11) is 0. The summed E-state index contributed by atoms with van der Waals surface area (Å²) in [5, 5.41) is 0. The molecule has 9 unspecified atom stereocenters. The molecule has 5 aliphatic rings. The number of carbonyl (C=O) groups excluding carboxylic acids is 2. The van der Waals surface area contributed by atoms with Gasteiger partial charge in [0.2, 0.25) is 0 Å². The molecule has 9 atom stereocenters. The highest BCUT2D eigenvalue weighted by atomic mass is 16.5. The number of Topliss-reactive ketones (excluding diaryl/α,β-unsaturated/α-hetero) is 1. The maximum absolute atomic E-state index is 13.1. The molecule has 0 aromatic heterocycles. The third-order valence-corrected chi connectivity index (χ3v) is 11.8. The van der Waals surface area contributed by atoms with Gasteiger partial charge in [-0.2, -0.15) is 0 Å². The summed E-state index contributed by atoms with van der Waals surface area (Å²) < 4.78 is 5.77. The molecule has 5 aliphatic carbocycles. The predicted molar refractivity (Wildman–Crippen MR) is 131 cm³/mol. The minimum absolute atomic E-state index is 0.0971. The Morgan fingerprint density at radius 3 is 2.24 bits per heavy atom. The third-order valence-electron chi connectivity index (χ3n) is 11.8. The molecule has 184 valence electrons. The zero-order valence-electron chi connectivity index (χ0n) is 22.1. The molecule has 0 spiro atoms. The molecule has 0 aromatic carbocycles. The average molecular weight is 455 g/mol. The molecule has 0 heterocycles. The molecule has 4 fully saturated rings. The second-order valence-electron chi connectivity index (χ2n) is 13.7. The fourth-order valence-electron chi connectivity index (χ4n) is 10.5. The van der Waals surface area contributed by atoms with E-state index in [1.165, 1.54) is 50.5 Å². The molecular weight excluding hydrogens is 408 g/mol. The number of allylic oxidation sites excluding steroid dienone is 2. The second-order valence-corrected chi connectivity index (χ2v) is 13.7. The first-order chi connectivity index (χ1) is 15.4. The van der Waals surface area contributed by atoms with E-state index < -0.39 is 0 Å². The van der Waals surface area contributed by atoms with Crippen LogP contribution >= 0.6 is 0 Å². The molecule has 0 bridgehead atoms. The van der Waals surface area contributed by atoms with Crippen LogP contribution in [0.2, 0.25) is 0 Å². The largest absolute Gasteiger partial charge is 0.462 e. The third kappa shape index (κ3) is 3.26. The Hall–Kier alpha value is -1.12. The van der Waals surface area contributed by atoms with Crippen molar-refractivity contribution in [3.8, 4) is 0 Å².